The number of methoxy groups -OCH3 is 1. The van der Waals surface area contributed by atoms with E-state index in [4.69, 9.17) is 4.74 Å². The molecule has 0 fully saturated rings. The third kappa shape index (κ3) is 4.09. The van der Waals surface area contributed by atoms with Crippen molar-refractivity contribution in [2.75, 3.05) is 7.11 Å². The number of ether oxygens (including phenoxy) is 1. The van der Waals surface area contributed by atoms with Gasteiger partial charge in [-0.05, 0) is 28.1 Å². The summed E-state index contributed by atoms with van der Waals surface area (Å²) in [6, 6.07) is 4.40. The highest BCUT2D eigenvalue weighted by Gasteiger charge is 2.13. The molecule has 0 saturated carbocycles. The van der Waals surface area contributed by atoms with Crippen LogP contribution in [0, 0.1) is 0 Å². The number of hydrogen-bond donors (Lipinski definition) is 1. The van der Waals surface area contributed by atoms with E-state index >= 15 is 0 Å². The van der Waals surface area contributed by atoms with Crippen LogP contribution in [0.5, 0.6) is 0 Å². The highest BCUT2D eigenvalue weighted by molar-refractivity contribution is 9.10. The summed E-state index contributed by atoms with van der Waals surface area (Å²) < 4.78 is 6.20. The molecule has 0 bridgehead atoms. The van der Waals surface area contributed by atoms with E-state index in [1.165, 1.54) is 4.88 Å². The van der Waals surface area contributed by atoms with Crippen LogP contribution in [0.25, 0.3) is 10.7 Å². The Hall–Kier alpha value is -0.820. The third-order valence-electron chi connectivity index (χ3n) is 2.68. The lowest BCUT2D eigenvalue weighted by atomic mass is 10.3. The fourth-order valence-electron chi connectivity index (χ4n) is 1.68. The number of aromatic nitrogens is 2. The molecule has 6 heteroatoms. The number of nitrogens with one attached hydrogen (secondary N) is 1. The minimum Gasteiger partial charge on any atom is -0.378 e. The van der Waals surface area contributed by atoms with Crippen LogP contribution in [0.3, 0.4) is 0 Å². The standard InChI is InChI=1S/C14H18BrN3OS/c1-9(2)16-7-13-12(8-19-3)18-14(20-13)11-5-4-10(15)6-17-11/h4-6,9,16H,7-8H2,1-3H3. The summed E-state index contributed by atoms with van der Waals surface area (Å²) in [7, 11) is 1.69. The molecule has 2 rings (SSSR count). The summed E-state index contributed by atoms with van der Waals surface area (Å²) in [4.78, 5) is 10.3. The van der Waals surface area contributed by atoms with Gasteiger partial charge < -0.3 is 10.1 Å². The second-order valence-corrected chi connectivity index (χ2v) is 6.72. The van der Waals surface area contributed by atoms with Crippen LogP contribution in [0.1, 0.15) is 24.4 Å². The molecule has 4 nitrogen and oxygen atoms in total. The zero-order chi connectivity index (χ0) is 14.5. The summed E-state index contributed by atoms with van der Waals surface area (Å²) in [6.45, 7) is 5.61. The van der Waals surface area contributed by atoms with Crippen molar-refractivity contribution in [1.82, 2.24) is 15.3 Å². The molecule has 0 spiro atoms. The summed E-state index contributed by atoms with van der Waals surface area (Å²) in [5.41, 5.74) is 1.89. The zero-order valence-electron chi connectivity index (χ0n) is 11.8. The summed E-state index contributed by atoms with van der Waals surface area (Å²) in [5.74, 6) is 0. The average Bonchev–Trinajstić information content (AvgIpc) is 2.81. The Balaban J connectivity index is 2.25. The maximum atomic E-state index is 5.23. The van der Waals surface area contributed by atoms with Gasteiger partial charge in [0.2, 0.25) is 0 Å². The smallest absolute Gasteiger partial charge is 0.142 e. The summed E-state index contributed by atoms with van der Waals surface area (Å²) >= 11 is 5.06. The molecule has 0 radical (unpaired) electrons. The van der Waals surface area contributed by atoms with E-state index in [0.717, 1.165) is 27.4 Å². The maximum Gasteiger partial charge on any atom is 0.142 e. The van der Waals surface area contributed by atoms with Crippen molar-refractivity contribution < 1.29 is 4.74 Å². The molecular weight excluding hydrogens is 338 g/mol. The van der Waals surface area contributed by atoms with Gasteiger partial charge in [0.15, 0.2) is 0 Å². The predicted octanol–water partition coefficient (Wildman–Crippen LogP) is 3.61. The predicted molar refractivity (Wildman–Crippen MR) is 85.7 cm³/mol. The van der Waals surface area contributed by atoms with Crippen molar-refractivity contribution in [3.8, 4) is 10.7 Å². The van der Waals surface area contributed by atoms with E-state index in [1.54, 1.807) is 24.6 Å². The third-order valence-corrected chi connectivity index (χ3v) is 4.27. The fourth-order valence-corrected chi connectivity index (χ4v) is 2.91. The van der Waals surface area contributed by atoms with Gasteiger partial charge in [0.25, 0.3) is 0 Å². The van der Waals surface area contributed by atoms with Crippen molar-refractivity contribution in [2.24, 2.45) is 0 Å². The first kappa shape index (κ1) is 15.6. The molecule has 2 heterocycles. The molecule has 1 N–H and O–H groups in total. The molecular formula is C14H18BrN3OS. The molecule has 0 unspecified atom stereocenters. The van der Waals surface area contributed by atoms with E-state index in [9.17, 15) is 0 Å². The van der Waals surface area contributed by atoms with Crippen LogP contribution >= 0.6 is 27.3 Å². The number of halogens is 1. The van der Waals surface area contributed by atoms with Gasteiger partial charge in [-0.15, -0.1) is 11.3 Å². The van der Waals surface area contributed by atoms with Crippen LogP contribution in [0.4, 0.5) is 0 Å². The quantitative estimate of drug-likeness (QED) is 0.859. The molecule has 0 aliphatic rings. The van der Waals surface area contributed by atoms with Gasteiger partial charge in [0.05, 0.1) is 18.0 Å². The van der Waals surface area contributed by atoms with E-state index in [-0.39, 0.29) is 0 Å². The zero-order valence-corrected chi connectivity index (χ0v) is 14.2. The van der Waals surface area contributed by atoms with E-state index < -0.39 is 0 Å². The molecule has 108 valence electrons. The Labute approximate surface area is 131 Å². The topological polar surface area (TPSA) is 47.0 Å². The van der Waals surface area contributed by atoms with Gasteiger partial charge in [-0.3, -0.25) is 4.98 Å². The SMILES string of the molecule is COCc1nc(-c2ccc(Br)cn2)sc1CNC(C)C. The summed E-state index contributed by atoms with van der Waals surface area (Å²) in [6.07, 6.45) is 1.79. The normalized spacial score (nSPS) is 11.2. The average molecular weight is 356 g/mol. The minimum absolute atomic E-state index is 0.446. The lowest BCUT2D eigenvalue weighted by Gasteiger charge is -2.07. The minimum atomic E-state index is 0.446. The van der Waals surface area contributed by atoms with E-state index in [1.807, 2.05) is 12.1 Å². The van der Waals surface area contributed by atoms with Crippen LogP contribution in [0.15, 0.2) is 22.8 Å². The highest BCUT2D eigenvalue weighted by atomic mass is 79.9. The largest absolute Gasteiger partial charge is 0.378 e. The van der Waals surface area contributed by atoms with Crippen molar-refractivity contribution in [3.05, 3.63) is 33.4 Å². The number of rotatable bonds is 6. The van der Waals surface area contributed by atoms with Crippen molar-refractivity contribution in [1.29, 1.82) is 0 Å². The highest BCUT2D eigenvalue weighted by Crippen LogP contribution is 2.28. The Morgan fingerprint density at radius 2 is 2.20 bits per heavy atom. The molecule has 0 amide bonds. The second kappa shape index (κ2) is 7.26. The lowest BCUT2D eigenvalue weighted by Crippen LogP contribution is -2.21. The Bertz CT molecular complexity index is 554. The molecule has 0 saturated heterocycles. The van der Waals surface area contributed by atoms with Crippen molar-refractivity contribution >= 4 is 27.3 Å². The molecule has 0 atom stereocenters. The van der Waals surface area contributed by atoms with E-state index in [0.29, 0.717) is 12.6 Å². The maximum absolute atomic E-state index is 5.23. The molecule has 20 heavy (non-hydrogen) atoms. The molecule has 2 aromatic rings. The number of hydrogen-bond acceptors (Lipinski definition) is 5. The van der Waals surface area contributed by atoms with Gasteiger partial charge >= 0.3 is 0 Å². The molecule has 0 aliphatic heterocycles. The number of thiazole rings is 1. The van der Waals surface area contributed by atoms with Gasteiger partial charge in [-0.1, -0.05) is 13.8 Å². The molecule has 0 aromatic carbocycles. The summed E-state index contributed by atoms with van der Waals surface area (Å²) in [5, 5.41) is 4.36. The first-order valence-corrected chi connectivity index (χ1v) is 8.04. The molecule has 2 aromatic heterocycles. The van der Waals surface area contributed by atoms with E-state index in [2.05, 4.69) is 45.1 Å². The molecule has 0 aliphatic carbocycles. The number of nitrogens with zero attached hydrogens (tertiary/aromatic N) is 2. The fraction of sp³-hybridized carbons (Fsp3) is 0.429. The first-order valence-electron chi connectivity index (χ1n) is 6.43. The van der Waals surface area contributed by atoms with Crippen LogP contribution < -0.4 is 5.32 Å². The van der Waals surface area contributed by atoms with Crippen LogP contribution in [-0.4, -0.2) is 23.1 Å². The van der Waals surface area contributed by atoms with Crippen LogP contribution in [0.2, 0.25) is 0 Å². The second-order valence-electron chi connectivity index (χ2n) is 4.72. The first-order chi connectivity index (χ1) is 9.60. The van der Waals surface area contributed by atoms with Gasteiger partial charge in [-0.2, -0.15) is 0 Å². The van der Waals surface area contributed by atoms with Crippen molar-refractivity contribution in [2.45, 2.75) is 33.0 Å². The Morgan fingerprint density at radius 3 is 2.80 bits per heavy atom. The Kier molecular flexibility index (Phi) is 5.65. The van der Waals surface area contributed by atoms with Crippen LogP contribution in [-0.2, 0) is 17.9 Å². The van der Waals surface area contributed by atoms with Gasteiger partial charge in [0, 0.05) is 35.2 Å². The van der Waals surface area contributed by atoms with Crippen molar-refractivity contribution in [3.63, 3.8) is 0 Å². The van der Waals surface area contributed by atoms with Gasteiger partial charge in [-0.25, -0.2) is 4.98 Å². The van der Waals surface area contributed by atoms with Gasteiger partial charge in [0.1, 0.15) is 5.01 Å². The Morgan fingerprint density at radius 1 is 1.40 bits per heavy atom. The monoisotopic (exact) mass is 355 g/mol. The number of pyridine rings is 1. The lowest BCUT2D eigenvalue weighted by molar-refractivity contribution is 0.181.